The van der Waals surface area contributed by atoms with Gasteiger partial charge in [-0.1, -0.05) is 29.8 Å². The summed E-state index contributed by atoms with van der Waals surface area (Å²) in [4.78, 5) is 27.3. The lowest BCUT2D eigenvalue weighted by Crippen LogP contribution is -2.30. The van der Waals surface area contributed by atoms with Crippen molar-refractivity contribution in [2.75, 3.05) is 5.32 Å². The van der Waals surface area contributed by atoms with Crippen LogP contribution in [0.3, 0.4) is 0 Å². The molecule has 0 saturated carbocycles. The van der Waals surface area contributed by atoms with Crippen LogP contribution >= 0.6 is 11.6 Å². The van der Waals surface area contributed by atoms with E-state index in [9.17, 15) is 22.8 Å². The van der Waals surface area contributed by atoms with E-state index in [4.69, 9.17) is 16.3 Å². The fourth-order valence-corrected chi connectivity index (χ4v) is 1.97. The summed E-state index contributed by atoms with van der Waals surface area (Å²) in [5.74, 6) is -1.75. The molecule has 0 bridgehead atoms. The number of halogens is 4. The first kappa shape index (κ1) is 18.7. The Kier molecular flexibility index (Phi) is 5.63. The molecule has 2 aromatic rings. The number of carbonyl (C=O) groups excluding carboxylic acids is 2. The van der Waals surface area contributed by atoms with Crippen molar-refractivity contribution in [3.05, 3.63) is 58.7 Å². The first-order valence-corrected chi connectivity index (χ1v) is 7.36. The highest BCUT2D eigenvalue weighted by molar-refractivity contribution is 6.33. The normalized spacial score (nSPS) is 12.4. The molecular weight excluding hydrogens is 361 g/mol. The Morgan fingerprint density at radius 3 is 2.44 bits per heavy atom. The Labute approximate surface area is 145 Å². The topological polar surface area (TPSA) is 68.3 Å². The maximum absolute atomic E-state index is 12.6. The molecule has 0 aliphatic heterocycles. The highest BCUT2D eigenvalue weighted by Crippen LogP contribution is 2.32. The third-order valence-corrected chi connectivity index (χ3v) is 3.36. The lowest BCUT2D eigenvalue weighted by molar-refractivity contribution is -0.137. The van der Waals surface area contributed by atoms with Crippen LogP contribution in [0.4, 0.5) is 19.0 Å². The van der Waals surface area contributed by atoms with E-state index in [0.29, 0.717) is 12.3 Å². The average molecular weight is 373 g/mol. The smallest absolute Gasteiger partial charge is 0.417 e. The van der Waals surface area contributed by atoms with Crippen LogP contribution in [0.25, 0.3) is 0 Å². The summed E-state index contributed by atoms with van der Waals surface area (Å²) >= 11 is 5.70. The molecule has 0 spiro atoms. The average Bonchev–Trinajstić information content (AvgIpc) is 2.56. The minimum absolute atomic E-state index is 0.257. The lowest BCUT2D eigenvalue weighted by Gasteiger charge is -2.14. The Hall–Kier alpha value is -2.61. The number of nitrogens with one attached hydrogen (secondary N) is 1. The van der Waals surface area contributed by atoms with Crippen molar-refractivity contribution in [3.8, 4) is 0 Å². The van der Waals surface area contributed by atoms with Gasteiger partial charge in [-0.25, -0.2) is 9.78 Å². The van der Waals surface area contributed by atoms with E-state index in [-0.39, 0.29) is 16.4 Å². The van der Waals surface area contributed by atoms with Crippen molar-refractivity contribution in [3.63, 3.8) is 0 Å². The first-order chi connectivity index (χ1) is 11.7. The van der Waals surface area contributed by atoms with Crippen LogP contribution < -0.4 is 5.32 Å². The number of esters is 1. The van der Waals surface area contributed by atoms with Crippen molar-refractivity contribution in [1.29, 1.82) is 0 Å². The number of amides is 1. The number of ether oxygens (including phenoxy) is 1. The highest BCUT2D eigenvalue weighted by atomic mass is 35.5. The molecule has 1 aromatic heterocycles. The maximum atomic E-state index is 12.6. The number of carbonyl (C=O) groups is 2. The number of nitrogens with zero attached hydrogens (tertiary/aromatic N) is 1. The van der Waals surface area contributed by atoms with E-state index in [1.807, 2.05) is 0 Å². The van der Waals surface area contributed by atoms with Gasteiger partial charge in [-0.05, 0) is 25.1 Å². The third-order valence-electron chi connectivity index (χ3n) is 3.07. The third kappa shape index (κ3) is 4.93. The number of benzene rings is 1. The van der Waals surface area contributed by atoms with Gasteiger partial charge in [0.2, 0.25) is 0 Å². The molecule has 1 N–H and O–H groups in total. The molecule has 132 valence electrons. The summed E-state index contributed by atoms with van der Waals surface area (Å²) in [5, 5.41) is 1.83. The molecule has 25 heavy (non-hydrogen) atoms. The zero-order chi connectivity index (χ0) is 18.6. The van der Waals surface area contributed by atoms with Crippen LogP contribution in [-0.4, -0.2) is 23.0 Å². The molecule has 0 saturated heterocycles. The number of hydrogen-bond donors (Lipinski definition) is 1. The van der Waals surface area contributed by atoms with Crippen molar-refractivity contribution >= 4 is 29.3 Å². The van der Waals surface area contributed by atoms with Crippen LogP contribution in [0.5, 0.6) is 0 Å². The predicted molar refractivity (Wildman–Crippen MR) is 84.2 cm³/mol. The number of rotatable bonds is 4. The van der Waals surface area contributed by atoms with Gasteiger partial charge in [0.15, 0.2) is 11.9 Å². The van der Waals surface area contributed by atoms with Crippen LogP contribution in [-0.2, 0) is 15.7 Å². The molecule has 1 amide bonds. The fourth-order valence-electron chi connectivity index (χ4n) is 1.76. The van der Waals surface area contributed by atoms with E-state index in [2.05, 4.69) is 10.3 Å². The molecule has 0 unspecified atom stereocenters. The Bertz CT molecular complexity index is 782. The largest absolute Gasteiger partial charge is 0.449 e. The van der Waals surface area contributed by atoms with Crippen LogP contribution in [0, 0.1) is 0 Å². The summed E-state index contributed by atoms with van der Waals surface area (Å²) in [6.45, 7) is 1.31. The van der Waals surface area contributed by atoms with Gasteiger partial charge in [0.25, 0.3) is 5.91 Å². The van der Waals surface area contributed by atoms with Crippen molar-refractivity contribution in [1.82, 2.24) is 4.98 Å². The molecule has 0 aliphatic carbocycles. The van der Waals surface area contributed by atoms with E-state index < -0.39 is 29.7 Å². The highest BCUT2D eigenvalue weighted by Gasteiger charge is 2.32. The van der Waals surface area contributed by atoms with E-state index in [1.165, 1.54) is 19.1 Å². The monoisotopic (exact) mass is 372 g/mol. The van der Waals surface area contributed by atoms with Gasteiger partial charge in [-0.3, -0.25) is 4.79 Å². The van der Waals surface area contributed by atoms with Crippen LogP contribution in [0.1, 0.15) is 22.8 Å². The quantitative estimate of drug-likeness (QED) is 0.825. The number of alkyl halides is 3. The summed E-state index contributed by atoms with van der Waals surface area (Å²) in [5.41, 5.74) is -0.785. The van der Waals surface area contributed by atoms with Gasteiger partial charge in [0.05, 0.1) is 16.1 Å². The zero-order valence-corrected chi connectivity index (χ0v) is 13.6. The van der Waals surface area contributed by atoms with E-state index in [1.54, 1.807) is 18.2 Å². The van der Waals surface area contributed by atoms with Crippen LogP contribution in [0.15, 0.2) is 42.6 Å². The molecule has 9 heteroatoms. The van der Waals surface area contributed by atoms with Crippen molar-refractivity contribution < 1.29 is 27.5 Å². The van der Waals surface area contributed by atoms with Gasteiger partial charge >= 0.3 is 12.1 Å². The molecule has 0 radical (unpaired) electrons. The molecule has 0 aliphatic rings. The Balaban J connectivity index is 2.03. The van der Waals surface area contributed by atoms with Crippen LogP contribution in [0.2, 0.25) is 5.02 Å². The zero-order valence-electron chi connectivity index (χ0n) is 12.8. The molecule has 2 rings (SSSR count). The number of pyridine rings is 1. The molecule has 1 heterocycles. The van der Waals surface area contributed by atoms with E-state index in [0.717, 1.165) is 0 Å². The standard InChI is InChI=1S/C16H12ClF3N2O3/c1-9(25-15(24)10-5-3-2-4-6-10)14(23)22-13-12(17)7-11(8-21-13)16(18,19)20/h2-9H,1H3,(H,21,22,23)/t9-/m0/s1. The molecule has 0 fully saturated rings. The predicted octanol–water partition coefficient (Wildman–Crippen LogP) is 3.94. The van der Waals surface area contributed by atoms with Gasteiger partial charge < -0.3 is 10.1 Å². The maximum Gasteiger partial charge on any atom is 0.417 e. The fraction of sp³-hybridized carbons (Fsp3) is 0.188. The van der Waals surface area contributed by atoms with E-state index >= 15 is 0 Å². The second kappa shape index (κ2) is 7.52. The second-order valence-electron chi connectivity index (χ2n) is 4.95. The summed E-state index contributed by atoms with van der Waals surface area (Å²) < 4.78 is 42.6. The van der Waals surface area contributed by atoms with Crippen molar-refractivity contribution in [2.24, 2.45) is 0 Å². The van der Waals surface area contributed by atoms with Crippen molar-refractivity contribution in [2.45, 2.75) is 19.2 Å². The molecule has 1 atom stereocenters. The molecule has 1 aromatic carbocycles. The second-order valence-corrected chi connectivity index (χ2v) is 5.36. The summed E-state index contributed by atoms with van der Waals surface area (Å²) in [7, 11) is 0. The lowest BCUT2D eigenvalue weighted by atomic mass is 10.2. The van der Waals surface area contributed by atoms with Gasteiger partial charge in [0, 0.05) is 6.20 Å². The molecular formula is C16H12ClF3N2O3. The minimum atomic E-state index is -4.60. The van der Waals surface area contributed by atoms with Gasteiger partial charge in [-0.15, -0.1) is 0 Å². The van der Waals surface area contributed by atoms with Gasteiger partial charge in [-0.2, -0.15) is 13.2 Å². The Morgan fingerprint density at radius 1 is 1.24 bits per heavy atom. The number of aromatic nitrogens is 1. The summed E-state index contributed by atoms with van der Waals surface area (Å²) in [6.07, 6.45) is -5.26. The first-order valence-electron chi connectivity index (χ1n) is 6.98. The minimum Gasteiger partial charge on any atom is -0.449 e. The number of hydrogen-bond acceptors (Lipinski definition) is 4. The SMILES string of the molecule is C[C@H](OC(=O)c1ccccc1)C(=O)Nc1ncc(C(F)(F)F)cc1Cl. The molecule has 5 nitrogen and oxygen atoms in total. The Morgan fingerprint density at radius 2 is 1.88 bits per heavy atom. The van der Waals surface area contributed by atoms with Gasteiger partial charge in [0.1, 0.15) is 0 Å². The number of anilines is 1. The summed E-state index contributed by atoms with van der Waals surface area (Å²) in [6, 6.07) is 8.65.